The van der Waals surface area contributed by atoms with Gasteiger partial charge in [-0.3, -0.25) is 14.8 Å². The molecule has 0 fully saturated rings. The van der Waals surface area contributed by atoms with E-state index in [1.54, 1.807) is 18.5 Å². The number of fused-ring (bicyclic) bond motifs is 1. The van der Waals surface area contributed by atoms with Gasteiger partial charge >= 0.3 is 5.97 Å². The normalized spacial score (nSPS) is 10.8. The maximum atomic E-state index is 11.6. The highest BCUT2D eigenvalue weighted by Crippen LogP contribution is 2.31. The Kier molecular flexibility index (Phi) is 5.54. The van der Waals surface area contributed by atoms with Gasteiger partial charge < -0.3 is 10.5 Å². The molecule has 0 atom stereocenters. The molecule has 0 spiro atoms. The molecule has 0 aliphatic heterocycles. The van der Waals surface area contributed by atoms with Crippen molar-refractivity contribution in [2.24, 2.45) is 5.73 Å². The van der Waals surface area contributed by atoms with E-state index in [1.165, 1.54) is 5.56 Å². The molecule has 0 aliphatic carbocycles. The second kappa shape index (κ2) is 8.58. The average Bonchev–Trinajstić information content (AvgIpc) is 2.78. The van der Waals surface area contributed by atoms with Crippen LogP contribution in [0.1, 0.15) is 11.3 Å². The van der Waals surface area contributed by atoms with Gasteiger partial charge in [0.25, 0.3) is 0 Å². The zero-order valence-electron chi connectivity index (χ0n) is 15.8. The first-order chi connectivity index (χ1) is 14.2. The standard InChI is InChI=1S/C23H20N4O2/c24-15-23(28)29-22-14-19(17-8-11-25-12-9-17)20-13-16(5-7-21(20)27-22)4-6-18-3-1-2-10-26-18/h1-3,5,7-14H,4,6,15,24H2. The fraction of sp³-hybridized carbons (Fsp3) is 0.130. The third-order valence-corrected chi connectivity index (χ3v) is 4.62. The van der Waals surface area contributed by atoms with Gasteiger partial charge in [-0.05, 0) is 65.9 Å². The Balaban J connectivity index is 1.73. The van der Waals surface area contributed by atoms with Crippen LogP contribution >= 0.6 is 0 Å². The number of nitrogens with zero attached hydrogens (tertiary/aromatic N) is 3. The number of carbonyl (C=O) groups is 1. The zero-order valence-corrected chi connectivity index (χ0v) is 15.8. The summed E-state index contributed by atoms with van der Waals surface area (Å²) in [5.74, 6) is -0.287. The SMILES string of the molecule is NCC(=O)Oc1cc(-c2ccncc2)c2cc(CCc3ccccn3)ccc2n1. The Hall–Kier alpha value is -3.64. The van der Waals surface area contributed by atoms with Gasteiger partial charge in [0.1, 0.15) is 0 Å². The van der Waals surface area contributed by atoms with Crippen molar-refractivity contribution in [1.29, 1.82) is 0 Å². The van der Waals surface area contributed by atoms with E-state index < -0.39 is 5.97 Å². The van der Waals surface area contributed by atoms with E-state index in [0.29, 0.717) is 0 Å². The van der Waals surface area contributed by atoms with Gasteiger partial charge in [0.15, 0.2) is 0 Å². The van der Waals surface area contributed by atoms with E-state index in [0.717, 1.165) is 40.6 Å². The third kappa shape index (κ3) is 4.44. The van der Waals surface area contributed by atoms with Crippen molar-refractivity contribution in [3.63, 3.8) is 0 Å². The van der Waals surface area contributed by atoms with Crippen LogP contribution < -0.4 is 10.5 Å². The quantitative estimate of drug-likeness (QED) is 0.513. The summed E-state index contributed by atoms with van der Waals surface area (Å²) in [4.78, 5) is 24.6. The van der Waals surface area contributed by atoms with Crippen LogP contribution in [0, 0.1) is 0 Å². The highest BCUT2D eigenvalue weighted by atomic mass is 16.5. The van der Waals surface area contributed by atoms with E-state index in [4.69, 9.17) is 10.5 Å². The van der Waals surface area contributed by atoms with E-state index in [1.807, 2.05) is 48.7 Å². The average molecular weight is 384 g/mol. The lowest BCUT2D eigenvalue weighted by Crippen LogP contribution is -2.20. The maximum absolute atomic E-state index is 11.6. The predicted molar refractivity (Wildman–Crippen MR) is 111 cm³/mol. The second-order valence-electron chi connectivity index (χ2n) is 6.59. The maximum Gasteiger partial charge on any atom is 0.326 e. The number of aryl methyl sites for hydroxylation is 2. The smallest absolute Gasteiger partial charge is 0.326 e. The summed E-state index contributed by atoms with van der Waals surface area (Å²) in [5.41, 5.74) is 10.3. The molecule has 0 unspecified atom stereocenters. The predicted octanol–water partition coefficient (Wildman–Crippen LogP) is 3.34. The van der Waals surface area contributed by atoms with Crippen molar-refractivity contribution in [3.05, 3.63) is 84.4 Å². The van der Waals surface area contributed by atoms with Crippen LogP contribution in [0.5, 0.6) is 5.88 Å². The van der Waals surface area contributed by atoms with Crippen LogP contribution in [0.4, 0.5) is 0 Å². The summed E-state index contributed by atoms with van der Waals surface area (Å²) in [6.45, 7) is -0.198. The Morgan fingerprint density at radius 3 is 2.59 bits per heavy atom. The number of pyridine rings is 3. The molecule has 3 aromatic heterocycles. The molecule has 29 heavy (non-hydrogen) atoms. The van der Waals surface area contributed by atoms with Gasteiger partial charge in [-0.1, -0.05) is 12.1 Å². The van der Waals surface area contributed by atoms with E-state index in [9.17, 15) is 4.79 Å². The Morgan fingerprint density at radius 2 is 1.83 bits per heavy atom. The Labute approximate surface area is 168 Å². The molecule has 0 aliphatic rings. The highest BCUT2D eigenvalue weighted by molar-refractivity contribution is 5.95. The molecule has 2 N–H and O–H groups in total. The molecular weight excluding hydrogens is 364 g/mol. The molecule has 4 rings (SSSR count). The van der Waals surface area contributed by atoms with E-state index in [-0.39, 0.29) is 12.4 Å². The van der Waals surface area contributed by atoms with E-state index >= 15 is 0 Å². The third-order valence-electron chi connectivity index (χ3n) is 4.62. The fourth-order valence-electron chi connectivity index (χ4n) is 3.20. The summed E-state index contributed by atoms with van der Waals surface area (Å²) in [7, 11) is 0. The lowest BCUT2D eigenvalue weighted by atomic mass is 9.98. The van der Waals surface area contributed by atoms with Gasteiger partial charge in [-0.2, -0.15) is 0 Å². The molecule has 0 radical (unpaired) electrons. The molecule has 0 saturated carbocycles. The topological polar surface area (TPSA) is 91.0 Å². The Morgan fingerprint density at radius 1 is 0.966 bits per heavy atom. The van der Waals surface area contributed by atoms with Crippen molar-refractivity contribution in [1.82, 2.24) is 15.0 Å². The molecule has 6 nitrogen and oxygen atoms in total. The molecule has 0 bridgehead atoms. The number of carbonyl (C=O) groups excluding carboxylic acids is 1. The molecule has 144 valence electrons. The monoisotopic (exact) mass is 384 g/mol. The zero-order chi connectivity index (χ0) is 20.1. The summed E-state index contributed by atoms with van der Waals surface area (Å²) >= 11 is 0. The molecule has 4 aromatic rings. The van der Waals surface area contributed by atoms with Crippen molar-refractivity contribution < 1.29 is 9.53 Å². The molecule has 3 heterocycles. The first-order valence-corrected chi connectivity index (χ1v) is 9.37. The van der Waals surface area contributed by atoms with Crippen molar-refractivity contribution in [2.45, 2.75) is 12.8 Å². The number of nitrogens with two attached hydrogens (primary N) is 1. The van der Waals surface area contributed by atoms with Crippen LogP contribution in [-0.2, 0) is 17.6 Å². The fourth-order valence-corrected chi connectivity index (χ4v) is 3.20. The Bertz CT molecular complexity index is 1130. The first kappa shape index (κ1) is 18.7. The minimum absolute atomic E-state index is 0.198. The van der Waals surface area contributed by atoms with Gasteiger partial charge in [0, 0.05) is 35.7 Å². The molecule has 6 heteroatoms. The summed E-state index contributed by atoms with van der Waals surface area (Å²) < 4.78 is 5.27. The van der Waals surface area contributed by atoms with Gasteiger partial charge in [0.05, 0.1) is 12.1 Å². The number of rotatable bonds is 6. The molecular formula is C23H20N4O2. The largest absolute Gasteiger partial charge is 0.406 e. The van der Waals surface area contributed by atoms with Crippen LogP contribution in [0.2, 0.25) is 0 Å². The van der Waals surface area contributed by atoms with Gasteiger partial charge in [0.2, 0.25) is 5.88 Å². The van der Waals surface area contributed by atoms with Crippen LogP contribution in [0.15, 0.2) is 73.2 Å². The summed E-state index contributed by atoms with van der Waals surface area (Å²) in [6, 6.07) is 17.7. The number of benzene rings is 1. The van der Waals surface area contributed by atoms with Crippen LogP contribution in [0.25, 0.3) is 22.0 Å². The number of hydrogen-bond donors (Lipinski definition) is 1. The van der Waals surface area contributed by atoms with Gasteiger partial charge in [-0.15, -0.1) is 0 Å². The van der Waals surface area contributed by atoms with Gasteiger partial charge in [-0.25, -0.2) is 4.98 Å². The van der Waals surface area contributed by atoms with Crippen molar-refractivity contribution in [2.75, 3.05) is 6.54 Å². The second-order valence-corrected chi connectivity index (χ2v) is 6.59. The lowest BCUT2D eigenvalue weighted by molar-refractivity contribution is -0.133. The van der Waals surface area contributed by atoms with Crippen molar-refractivity contribution in [3.8, 4) is 17.0 Å². The van der Waals surface area contributed by atoms with Crippen LogP contribution in [-0.4, -0.2) is 27.5 Å². The van der Waals surface area contributed by atoms with E-state index in [2.05, 4.69) is 21.0 Å². The molecule has 1 aromatic carbocycles. The van der Waals surface area contributed by atoms with Crippen LogP contribution in [0.3, 0.4) is 0 Å². The summed E-state index contributed by atoms with van der Waals surface area (Å²) in [6.07, 6.45) is 7.00. The number of hydrogen-bond acceptors (Lipinski definition) is 6. The highest BCUT2D eigenvalue weighted by Gasteiger charge is 2.12. The first-order valence-electron chi connectivity index (χ1n) is 9.37. The van der Waals surface area contributed by atoms with Crippen molar-refractivity contribution >= 4 is 16.9 Å². The summed E-state index contributed by atoms with van der Waals surface area (Å²) in [5, 5.41) is 0.988. The number of aromatic nitrogens is 3. The minimum atomic E-state index is -0.524. The minimum Gasteiger partial charge on any atom is -0.406 e. The number of ether oxygens (including phenoxy) is 1. The molecule has 0 saturated heterocycles. The lowest BCUT2D eigenvalue weighted by Gasteiger charge is -2.11. The number of esters is 1. The molecule has 0 amide bonds.